The minimum atomic E-state index is 0.425. The predicted molar refractivity (Wildman–Crippen MR) is 142 cm³/mol. The van der Waals surface area contributed by atoms with Gasteiger partial charge in [-0.05, 0) is 56.2 Å². The summed E-state index contributed by atoms with van der Waals surface area (Å²) in [6.07, 6.45) is 5.97. The number of hydrogen-bond donors (Lipinski definition) is 0. The van der Waals surface area contributed by atoms with E-state index in [1.165, 1.54) is 19.3 Å². The summed E-state index contributed by atoms with van der Waals surface area (Å²) in [5, 5.41) is 7.15. The number of thiazole rings is 1. The highest BCUT2D eigenvalue weighted by Gasteiger charge is 2.33. The molecule has 1 saturated heterocycles. The molecule has 36 heavy (non-hydrogen) atoms. The van der Waals surface area contributed by atoms with Crippen molar-refractivity contribution in [2.24, 2.45) is 5.92 Å². The maximum atomic E-state index is 6.16. The average molecular weight is 516 g/mol. The standard InChI is InChI=1S/C27H37N3O5S/c1-5-35-26-25(29(15-18-7-6-8-18)20-9-11-34-12-10-20)27-30(28-26)21(17-36-27)24-22(32-3)13-19(16-31-2)14-23(24)33-4/h13-14,17-18,20H,5-12,15-16H2,1-4H3. The minimum absolute atomic E-state index is 0.425. The lowest BCUT2D eigenvalue weighted by Crippen LogP contribution is -2.43. The van der Waals surface area contributed by atoms with Crippen LogP contribution in [0.3, 0.4) is 0 Å². The first kappa shape index (κ1) is 25.2. The Bertz CT molecular complexity index is 1140. The number of hydrogen-bond acceptors (Lipinski definition) is 8. The molecule has 2 aromatic heterocycles. The van der Waals surface area contributed by atoms with E-state index in [1.807, 2.05) is 23.6 Å². The van der Waals surface area contributed by atoms with Crippen LogP contribution in [0, 0.1) is 5.92 Å². The van der Waals surface area contributed by atoms with Crippen molar-refractivity contribution in [3.63, 3.8) is 0 Å². The first-order chi connectivity index (χ1) is 17.7. The fourth-order valence-electron chi connectivity index (χ4n) is 5.29. The van der Waals surface area contributed by atoms with Crippen molar-refractivity contribution in [1.82, 2.24) is 9.61 Å². The molecular weight excluding hydrogens is 478 g/mol. The van der Waals surface area contributed by atoms with Crippen molar-refractivity contribution < 1.29 is 23.7 Å². The second kappa shape index (κ2) is 11.3. The SMILES string of the molecule is CCOc1nn2c(-c3c(OC)cc(COC)cc3OC)csc2c1N(CC1CCC1)C1CCOCC1. The summed E-state index contributed by atoms with van der Waals surface area (Å²) in [6, 6.07) is 4.43. The third-order valence-corrected chi connectivity index (χ3v) is 8.24. The second-order valence-electron chi connectivity index (χ2n) is 9.53. The van der Waals surface area contributed by atoms with Crippen LogP contribution in [-0.2, 0) is 16.1 Å². The van der Waals surface area contributed by atoms with Gasteiger partial charge in [-0.1, -0.05) is 6.42 Å². The van der Waals surface area contributed by atoms with Gasteiger partial charge in [0.25, 0.3) is 5.88 Å². The Balaban J connectivity index is 1.64. The van der Waals surface area contributed by atoms with E-state index in [-0.39, 0.29) is 0 Å². The Morgan fingerprint density at radius 2 is 1.81 bits per heavy atom. The highest BCUT2D eigenvalue weighted by molar-refractivity contribution is 7.16. The number of benzene rings is 1. The molecule has 8 nitrogen and oxygen atoms in total. The van der Waals surface area contributed by atoms with Crippen molar-refractivity contribution in [1.29, 1.82) is 0 Å². The Hall–Kier alpha value is -2.49. The highest BCUT2D eigenvalue weighted by Crippen LogP contribution is 2.46. The zero-order valence-electron chi connectivity index (χ0n) is 21.7. The fourth-order valence-corrected chi connectivity index (χ4v) is 6.29. The van der Waals surface area contributed by atoms with Crippen LogP contribution in [-0.4, -0.2) is 63.4 Å². The van der Waals surface area contributed by atoms with Crippen molar-refractivity contribution in [2.75, 3.05) is 52.6 Å². The van der Waals surface area contributed by atoms with E-state index in [2.05, 4.69) is 10.3 Å². The van der Waals surface area contributed by atoms with Gasteiger partial charge in [0.2, 0.25) is 0 Å². The molecule has 0 atom stereocenters. The van der Waals surface area contributed by atoms with Crippen LogP contribution in [0.2, 0.25) is 0 Å². The van der Waals surface area contributed by atoms with E-state index < -0.39 is 0 Å². The number of anilines is 1. The van der Waals surface area contributed by atoms with Crippen molar-refractivity contribution in [3.05, 3.63) is 23.1 Å². The van der Waals surface area contributed by atoms with Crippen LogP contribution < -0.4 is 19.1 Å². The lowest BCUT2D eigenvalue weighted by atomic mass is 9.84. The van der Waals surface area contributed by atoms with E-state index in [4.69, 9.17) is 28.8 Å². The van der Waals surface area contributed by atoms with Gasteiger partial charge in [-0.3, -0.25) is 0 Å². The van der Waals surface area contributed by atoms with Crippen molar-refractivity contribution in [2.45, 2.75) is 51.7 Å². The molecule has 196 valence electrons. The van der Waals surface area contributed by atoms with Crippen LogP contribution in [0.15, 0.2) is 17.5 Å². The number of ether oxygens (including phenoxy) is 5. The van der Waals surface area contributed by atoms with E-state index in [0.717, 1.165) is 77.4 Å². The molecule has 0 amide bonds. The van der Waals surface area contributed by atoms with Gasteiger partial charge in [0, 0.05) is 38.3 Å². The summed E-state index contributed by atoms with van der Waals surface area (Å²) in [6.45, 7) is 5.71. The second-order valence-corrected chi connectivity index (χ2v) is 10.4. The van der Waals surface area contributed by atoms with Gasteiger partial charge in [0.05, 0.1) is 38.7 Å². The molecule has 3 aromatic rings. The van der Waals surface area contributed by atoms with Crippen molar-refractivity contribution in [3.8, 4) is 28.6 Å². The third kappa shape index (κ3) is 4.76. The zero-order chi connectivity index (χ0) is 25.1. The average Bonchev–Trinajstić information content (AvgIpc) is 3.43. The maximum absolute atomic E-state index is 6.16. The fraction of sp³-hybridized carbons (Fsp3) is 0.593. The Morgan fingerprint density at radius 3 is 2.39 bits per heavy atom. The van der Waals surface area contributed by atoms with Crippen molar-refractivity contribution >= 4 is 21.9 Å². The summed E-state index contributed by atoms with van der Waals surface area (Å²) in [7, 11) is 5.05. The zero-order valence-corrected chi connectivity index (χ0v) is 22.6. The highest BCUT2D eigenvalue weighted by atomic mass is 32.1. The van der Waals surface area contributed by atoms with Crippen LogP contribution in [0.4, 0.5) is 5.69 Å². The summed E-state index contributed by atoms with van der Waals surface area (Å²) in [5.74, 6) is 2.88. The van der Waals surface area contributed by atoms with Crippen LogP contribution in [0.25, 0.3) is 16.1 Å². The van der Waals surface area contributed by atoms with Gasteiger partial charge in [0.15, 0.2) is 0 Å². The smallest absolute Gasteiger partial charge is 0.258 e. The molecule has 1 aromatic carbocycles. The van der Waals surface area contributed by atoms with Crippen LogP contribution in [0.5, 0.6) is 17.4 Å². The lowest BCUT2D eigenvalue weighted by Gasteiger charge is -2.40. The molecule has 5 rings (SSSR count). The van der Waals surface area contributed by atoms with Gasteiger partial charge >= 0.3 is 0 Å². The molecule has 1 aliphatic carbocycles. The van der Waals surface area contributed by atoms with Gasteiger partial charge in [-0.2, -0.15) is 0 Å². The number of nitrogens with zero attached hydrogens (tertiary/aromatic N) is 3. The molecular formula is C27H37N3O5S. The summed E-state index contributed by atoms with van der Waals surface area (Å²) >= 11 is 1.69. The van der Waals surface area contributed by atoms with Crippen LogP contribution in [0.1, 0.15) is 44.6 Å². The molecule has 0 N–H and O–H groups in total. The molecule has 2 aliphatic rings. The Labute approximate surface area is 217 Å². The van der Waals surface area contributed by atoms with E-state index in [0.29, 0.717) is 25.1 Å². The van der Waals surface area contributed by atoms with Gasteiger partial charge in [-0.15, -0.1) is 16.4 Å². The monoisotopic (exact) mass is 515 g/mol. The molecule has 9 heteroatoms. The molecule has 0 spiro atoms. The minimum Gasteiger partial charge on any atom is -0.496 e. The summed E-state index contributed by atoms with van der Waals surface area (Å²) in [5.41, 5.74) is 3.90. The number of fused-ring (bicyclic) bond motifs is 1. The molecule has 0 unspecified atom stereocenters. The quantitative estimate of drug-likeness (QED) is 0.338. The molecule has 1 aliphatic heterocycles. The first-order valence-electron chi connectivity index (χ1n) is 12.9. The summed E-state index contributed by atoms with van der Waals surface area (Å²) < 4.78 is 30.9. The Kier molecular flexibility index (Phi) is 7.88. The van der Waals surface area contributed by atoms with Gasteiger partial charge in [0.1, 0.15) is 22.0 Å². The topological polar surface area (TPSA) is 66.7 Å². The predicted octanol–water partition coefficient (Wildman–Crippen LogP) is 5.41. The van der Waals surface area contributed by atoms with Crippen LogP contribution >= 0.6 is 11.3 Å². The molecule has 2 fully saturated rings. The van der Waals surface area contributed by atoms with Gasteiger partial charge in [-0.25, -0.2) is 4.52 Å². The van der Waals surface area contributed by atoms with E-state index in [9.17, 15) is 0 Å². The normalized spacial score (nSPS) is 16.8. The Morgan fingerprint density at radius 1 is 1.08 bits per heavy atom. The molecule has 3 heterocycles. The third-order valence-electron chi connectivity index (χ3n) is 7.31. The largest absolute Gasteiger partial charge is 0.496 e. The van der Waals surface area contributed by atoms with E-state index >= 15 is 0 Å². The number of aromatic nitrogens is 2. The maximum Gasteiger partial charge on any atom is 0.258 e. The van der Waals surface area contributed by atoms with Gasteiger partial charge < -0.3 is 28.6 Å². The lowest BCUT2D eigenvalue weighted by molar-refractivity contribution is 0.0828. The molecule has 0 bridgehead atoms. The molecule has 0 radical (unpaired) electrons. The van der Waals surface area contributed by atoms with E-state index in [1.54, 1.807) is 32.7 Å². The number of methoxy groups -OCH3 is 3. The number of rotatable bonds is 11. The summed E-state index contributed by atoms with van der Waals surface area (Å²) in [4.78, 5) is 3.67. The molecule has 1 saturated carbocycles. The first-order valence-corrected chi connectivity index (χ1v) is 13.8.